The Kier molecular flexibility index (Phi) is 3.05. The Hall–Kier alpha value is -1.29. The van der Waals surface area contributed by atoms with Crippen molar-refractivity contribution in [1.29, 1.82) is 5.26 Å². The first kappa shape index (κ1) is 14.1. The van der Waals surface area contributed by atoms with Gasteiger partial charge in [0.25, 0.3) is 0 Å². The summed E-state index contributed by atoms with van der Waals surface area (Å²) in [4.78, 5) is 13.4. The molecule has 2 aliphatic rings. The third-order valence-electron chi connectivity index (χ3n) is 3.50. The van der Waals surface area contributed by atoms with E-state index in [4.69, 9.17) is 4.74 Å². The summed E-state index contributed by atoms with van der Waals surface area (Å²) in [5, 5.41) is 9.30. The number of ether oxygens (including phenoxy) is 1. The van der Waals surface area contributed by atoms with Crippen LogP contribution in [0.1, 0.15) is 20.8 Å². The van der Waals surface area contributed by atoms with E-state index >= 15 is 0 Å². The number of amides is 1. The largest absolute Gasteiger partial charge is 0.444 e. The molecule has 0 spiro atoms. The van der Waals surface area contributed by atoms with E-state index in [0.717, 1.165) is 0 Å². The minimum absolute atomic E-state index is 0.0140. The molecule has 0 radical (unpaired) electrons. The SMILES string of the molecule is CC(C)(C)OC(=O)N1C[C@@H]2CS(=O)(=O)C[C@]2(C#N)C1. The zero-order chi connectivity index (χ0) is 14.5. The number of carbonyl (C=O) groups is 1. The molecule has 0 aromatic rings. The van der Waals surface area contributed by atoms with E-state index in [0.29, 0.717) is 0 Å². The lowest BCUT2D eigenvalue weighted by molar-refractivity contribution is 0.0280. The highest BCUT2D eigenvalue weighted by Gasteiger charge is 2.57. The quantitative estimate of drug-likeness (QED) is 0.657. The summed E-state index contributed by atoms with van der Waals surface area (Å²) in [6.45, 7) is 5.73. The summed E-state index contributed by atoms with van der Waals surface area (Å²) in [6.07, 6.45) is -0.478. The zero-order valence-electron chi connectivity index (χ0n) is 11.3. The van der Waals surface area contributed by atoms with Crippen LogP contribution in [0.15, 0.2) is 0 Å². The van der Waals surface area contributed by atoms with Crippen molar-refractivity contribution in [3.8, 4) is 6.07 Å². The molecule has 0 aromatic carbocycles. The third kappa shape index (κ3) is 2.68. The van der Waals surface area contributed by atoms with Crippen molar-refractivity contribution in [2.24, 2.45) is 11.3 Å². The number of nitrogens with zero attached hydrogens (tertiary/aromatic N) is 2. The minimum atomic E-state index is -3.16. The molecule has 2 aliphatic heterocycles. The fourth-order valence-corrected chi connectivity index (χ4v) is 5.06. The van der Waals surface area contributed by atoms with Crippen molar-refractivity contribution >= 4 is 15.9 Å². The summed E-state index contributed by atoms with van der Waals surface area (Å²) in [5.74, 6) is -0.463. The van der Waals surface area contributed by atoms with E-state index < -0.39 is 26.9 Å². The minimum Gasteiger partial charge on any atom is -0.444 e. The van der Waals surface area contributed by atoms with Gasteiger partial charge in [-0.05, 0) is 20.8 Å². The predicted octanol–water partition coefficient (Wildman–Crippen LogP) is 0.792. The highest BCUT2D eigenvalue weighted by molar-refractivity contribution is 7.91. The van der Waals surface area contributed by atoms with Crippen LogP contribution in [0.25, 0.3) is 0 Å². The molecule has 2 saturated heterocycles. The molecular weight excluding hydrogens is 268 g/mol. The number of nitriles is 1. The maximum atomic E-state index is 12.0. The Morgan fingerprint density at radius 3 is 2.58 bits per heavy atom. The fourth-order valence-electron chi connectivity index (χ4n) is 2.73. The van der Waals surface area contributed by atoms with Crippen LogP contribution in [0.2, 0.25) is 0 Å². The summed E-state index contributed by atoms with van der Waals surface area (Å²) >= 11 is 0. The molecule has 19 heavy (non-hydrogen) atoms. The number of hydrogen-bond acceptors (Lipinski definition) is 5. The Morgan fingerprint density at radius 1 is 1.47 bits per heavy atom. The zero-order valence-corrected chi connectivity index (χ0v) is 12.2. The average Bonchev–Trinajstić information content (AvgIpc) is 2.64. The molecule has 7 heteroatoms. The lowest BCUT2D eigenvalue weighted by atomic mass is 9.83. The topological polar surface area (TPSA) is 87.5 Å². The van der Waals surface area contributed by atoms with Crippen LogP contribution >= 0.6 is 0 Å². The molecule has 0 saturated carbocycles. The normalized spacial score (nSPS) is 32.7. The van der Waals surface area contributed by atoms with Gasteiger partial charge in [-0.2, -0.15) is 5.26 Å². The first-order chi connectivity index (χ1) is 8.57. The Labute approximate surface area is 113 Å². The van der Waals surface area contributed by atoms with Gasteiger partial charge >= 0.3 is 6.09 Å². The van der Waals surface area contributed by atoms with Gasteiger partial charge in [-0.15, -0.1) is 0 Å². The van der Waals surface area contributed by atoms with Gasteiger partial charge in [-0.1, -0.05) is 0 Å². The van der Waals surface area contributed by atoms with Gasteiger partial charge in [0, 0.05) is 19.0 Å². The lowest BCUT2D eigenvalue weighted by Gasteiger charge is -2.25. The molecule has 2 atom stereocenters. The molecule has 2 fully saturated rings. The van der Waals surface area contributed by atoms with E-state index in [1.807, 2.05) is 0 Å². The fraction of sp³-hybridized carbons (Fsp3) is 0.833. The standard InChI is InChI=1S/C12H18N2O4S/c1-11(2,3)18-10(15)14-4-9-5-19(16,17)8-12(9,6-13)7-14/h9H,4-5,7-8H2,1-3H3/t9-,12+/m1/s1. The second kappa shape index (κ2) is 4.10. The number of fused-ring (bicyclic) bond motifs is 1. The van der Waals surface area contributed by atoms with Gasteiger partial charge in [-0.25, -0.2) is 13.2 Å². The molecule has 0 aliphatic carbocycles. The maximum absolute atomic E-state index is 12.0. The van der Waals surface area contributed by atoms with Gasteiger partial charge < -0.3 is 9.64 Å². The predicted molar refractivity (Wildman–Crippen MR) is 68.0 cm³/mol. The number of sulfone groups is 1. The first-order valence-corrected chi connectivity index (χ1v) is 7.99. The molecule has 2 heterocycles. The van der Waals surface area contributed by atoms with Crippen LogP contribution in [0.3, 0.4) is 0 Å². The number of carbonyl (C=O) groups excluding carboxylic acids is 1. The molecule has 0 unspecified atom stereocenters. The molecule has 106 valence electrons. The van der Waals surface area contributed by atoms with Crippen LogP contribution in [0.5, 0.6) is 0 Å². The lowest BCUT2D eigenvalue weighted by Crippen LogP contribution is -2.38. The van der Waals surface area contributed by atoms with Gasteiger partial charge in [0.15, 0.2) is 9.84 Å². The van der Waals surface area contributed by atoms with Crippen LogP contribution in [-0.2, 0) is 14.6 Å². The molecule has 0 N–H and O–H groups in total. The van der Waals surface area contributed by atoms with Crippen LogP contribution in [0, 0.1) is 22.7 Å². The molecule has 0 bridgehead atoms. The van der Waals surface area contributed by atoms with E-state index in [1.165, 1.54) is 4.90 Å². The van der Waals surface area contributed by atoms with E-state index in [2.05, 4.69) is 6.07 Å². The Morgan fingerprint density at radius 2 is 2.11 bits per heavy atom. The van der Waals surface area contributed by atoms with E-state index in [9.17, 15) is 18.5 Å². The smallest absolute Gasteiger partial charge is 0.410 e. The number of hydrogen-bond donors (Lipinski definition) is 0. The first-order valence-electron chi connectivity index (χ1n) is 6.17. The van der Waals surface area contributed by atoms with Gasteiger partial charge in [0.1, 0.15) is 5.60 Å². The van der Waals surface area contributed by atoms with Crippen molar-refractivity contribution in [2.45, 2.75) is 26.4 Å². The second-order valence-electron chi connectivity index (χ2n) is 6.38. The highest BCUT2D eigenvalue weighted by Crippen LogP contribution is 2.43. The number of likely N-dealkylation sites (tertiary alicyclic amines) is 1. The van der Waals surface area contributed by atoms with Crippen molar-refractivity contribution in [1.82, 2.24) is 4.90 Å². The van der Waals surface area contributed by atoms with Gasteiger partial charge in [-0.3, -0.25) is 0 Å². The third-order valence-corrected chi connectivity index (χ3v) is 5.37. The molecule has 6 nitrogen and oxygen atoms in total. The van der Waals surface area contributed by atoms with Crippen molar-refractivity contribution < 1.29 is 17.9 Å². The van der Waals surface area contributed by atoms with Crippen molar-refractivity contribution in [2.75, 3.05) is 24.6 Å². The maximum Gasteiger partial charge on any atom is 0.410 e. The average molecular weight is 286 g/mol. The summed E-state index contributed by atoms with van der Waals surface area (Å²) < 4.78 is 28.5. The van der Waals surface area contributed by atoms with Gasteiger partial charge in [0.2, 0.25) is 0 Å². The van der Waals surface area contributed by atoms with Crippen molar-refractivity contribution in [3.05, 3.63) is 0 Å². The summed E-state index contributed by atoms with van der Waals surface area (Å²) in [5.41, 5.74) is -1.55. The molecule has 0 aromatic heterocycles. The molecule has 1 amide bonds. The monoisotopic (exact) mass is 286 g/mol. The summed E-state index contributed by atoms with van der Waals surface area (Å²) in [7, 11) is -3.16. The molecule has 2 rings (SSSR count). The van der Waals surface area contributed by atoms with Crippen LogP contribution in [0.4, 0.5) is 4.79 Å². The van der Waals surface area contributed by atoms with Gasteiger partial charge in [0.05, 0.1) is 23.0 Å². The van der Waals surface area contributed by atoms with Crippen molar-refractivity contribution in [3.63, 3.8) is 0 Å². The summed E-state index contributed by atoms with van der Waals surface area (Å²) in [6, 6.07) is 2.11. The van der Waals surface area contributed by atoms with E-state index in [-0.39, 0.29) is 30.5 Å². The van der Waals surface area contributed by atoms with Crippen LogP contribution < -0.4 is 0 Å². The van der Waals surface area contributed by atoms with Crippen LogP contribution in [-0.4, -0.2) is 49.6 Å². The molecular formula is C12H18N2O4S. The number of rotatable bonds is 0. The Balaban J connectivity index is 2.13. The Bertz CT molecular complexity index is 543. The highest BCUT2D eigenvalue weighted by atomic mass is 32.2. The van der Waals surface area contributed by atoms with E-state index in [1.54, 1.807) is 20.8 Å². The second-order valence-corrected chi connectivity index (χ2v) is 8.49.